The second-order valence-electron chi connectivity index (χ2n) is 6.56. The summed E-state index contributed by atoms with van der Waals surface area (Å²) in [7, 11) is 0. The van der Waals surface area contributed by atoms with E-state index in [9.17, 15) is 4.79 Å². The lowest BCUT2D eigenvalue weighted by molar-refractivity contribution is -0.128. The van der Waals surface area contributed by atoms with Gasteiger partial charge in [0.05, 0.1) is 6.04 Å². The van der Waals surface area contributed by atoms with Crippen LogP contribution in [0.3, 0.4) is 0 Å². The Balaban J connectivity index is 1.83. The SMILES string of the molecule is Cc1ccc(OC[C@@H](C)NC(=O)[C@@H](C)Oc2cc(C)ccc2C)cc1. The van der Waals surface area contributed by atoms with Gasteiger partial charge in [-0.05, 0) is 63.9 Å². The van der Waals surface area contributed by atoms with E-state index in [4.69, 9.17) is 9.47 Å². The predicted octanol–water partition coefficient (Wildman–Crippen LogP) is 3.96. The van der Waals surface area contributed by atoms with Crippen LogP contribution in [0.15, 0.2) is 42.5 Å². The Hall–Kier alpha value is -2.49. The molecule has 2 rings (SSSR count). The lowest BCUT2D eigenvalue weighted by Crippen LogP contribution is -2.43. The van der Waals surface area contributed by atoms with E-state index < -0.39 is 6.10 Å². The minimum absolute atomic E-state index is 0.113. The van der Waals surface area contributed by atoms with Gasteiger partial charge in [0, 0.05) is 0 Å². The van der Waals surface area contributed by atoms with Gasteiger partial charge in [-0.1, -0.05) is 29.8 Å². The van der Waals surface area contributed by atoms with E-state index in [0.717, 1.165) is 22.6 Å². The molecule has 0 saturated carbocycles. The van der Waals surface area contributed by atoms with Crippen molar-refractivity contribution in [3.63, 3.8) is 0 Å². The highest BCUT2D eigenvalue weighted by atomic mass is 16.5. The summed E-state index contributed by atoms with van der Waals surface area (Å²) >= 11 is 0. The molecule has 4 nitrogen and oxygen atoms in total. The number of amides is 1. The number of hydrogen-bond acceptors (Lipinski definition) is 3. The zero-order valence-corrected chi connectivity index (χ0v) is 15.6. The van der Waals surface area contributed by atoms with Crippen LogP contribution in [0.5, 0.6) is 11.5 Å². The highest BCUT2D eigenvalue weighted by Crippen LogP contribution is 2.20. The Bertz CT molecular complexity index is 710. The molecule has 0 aliphatic carbocycles. The number of aryl methyl sites for hydroxylation is 3. The fourth-order valence-corrected chi connectivity index (χ4v) is 2.34. The number of rotatable bonds is 7. The zero-order valence-electron chi connectivity index (χ0n) is 15.6. The van der Waals surface area contributed by atoms with Crippen LogP contribution in [0.25, 0.3) is 0 Å². The molecule has 0 bridgehead atoms. The van der Waals surface area contributed by atoms with Gasteiger partial charge in [-0.2, -0.15) is 0 Å². The summed E-state index contributed by atoms with van der Waals surface area (Å²) in [4.78, 5) is 12.3. The first-order chi connectivity index (χ1) is 11.8. The van der Waals surface area contributed by atoms with E-state index in [2.05, 4.69) is 5.32 Å². The molecule has 0 saturated heterocycles. The molecule has 0 radical (unpaired) electrons. The summed E-state index contributed by atoms with van der Waals surface area (Å²) in [5, 5.41) is 2.93. The molecule has 0 unspecified atom stereocenters. The number of carbonyl (C=O) groups excluding carboxylic acids is 1. The molecule has 25 heavy (non-hydrogen) atoms. The van der Waals surface area contributed by atoms with Crippen molar-refractivity contribution in [2.45, 2.75) is 46.8 Å². The summed E-state index contributed by atoms with van der Waals surface area (Å²) in [5.41, 5.74) is 3.31. The normalized spacial score (nSPS) is 13.0. The minimum atomic E-state index is -0.567. The Morgan fingerprint density at radius 2 is 1.64 bits per heavy atom. The molecule has 0 aliphatic heterocycles. The molecule has 2 atom stereocenters. The van der Waals surface area contributed by atoms with Crippen LogP contribution in [0.4, 0.5) is 0 Å². The fraction of sp³-hybridized carbons (Fsp3) is 0.381. The largest absolute Gasteiger partial charge is 0.491 e. The van der Waals surface area contributed by atoms with Crippen LogP contribution in [0.2, 0.25) is 0 Å². The van der Waals surface area contributed by atoms with E-state index >= 15 is 0 Å². The summed E-state index contributed by atoms with van der Waals surface area (Å²) in [6.07, 6.45) is -0.567. The lowest BCUT2D eigenvalue weighted by Gasteiger charge is -2.20. The molecule has 0 fully saturated rings. The van der Waals surface area contributed by atoms with Crippen LogP contribution in [0, 0.1) is 20.8 Å². The van der Waals surface area contributed by atoms with Crippen molar-refractivity contribution in [3.8, 4) is 11.5 Å². The minimum Gasteiger partial charge on any atom is -0.491 e. The Kier molecular flexibility index (Phi) is 6.45. The maximum Gasteiger partial charge on any atom is 0.261 e. The van der Waals surface area contributed by atoms with Crippen molar-refractivity contribution in [1.29, 1.82) is 0 Å². The molecule has 1 amide bonds. The molecule has 0 spiro atoms. The van der Waals surface area contributed by atoms with E-state index in [1.54, 1.807) is 6.92 Å². The van der Waals surface area contributed by atoms with E-state index in [1.165, 1.54) is 5.56 Å². The van der Waals surface area contributed by atoms with Crippen molar-refractivity contribution in [2.75, 3.05) is 6.61 Å². The van der Waals surface area contributed by atoms with Gasteiger partial charge in [0.2, 0.25) is 0 Å². The predicted molar refractivity (Wildman–Crippen MR) is 100 cm³/mol. The molecule has 2 aromatic carbocycles. The average molecular weight is 341 g/mol. The van der Waals surface area contributed by atoms with Crippen LogP contribution in [-0.4, -0.2) is 24.7 Å². The summed E-state index contributed by atoms with van der Waals surface area (Å²) < 4.78 is 11.5. The van der Waals surface area contributed by atoms with E-state index in [0.29, 0.717) is 6.61 Å². The number of carbonyl (C=O) groups is 1. The number of ether oxygens (including phenoxy) is 2. The molecular weight excluding hydrogens is 314 g/mol. The summed E-state index contributed by atoms with van der Waals surface area (Å²) in [5.74, 6) is 1.39. The van der Waals surface area contributed by atoms with Crippen molar-refractivity contribution < 1.29 is 14.3 Å². The Labute approximate surface area is 150 Å². The first kappa shape index (κ1) is 18.8. The summed E-state index contributed by atoms with van der Waals surface area (Å²) in [6, 6.07) is 13.7. The standard InChI is InChI=1S/C21H27NO3/c1-14-7-10-19(11-8-14)24-13-17(4)22-21(23)18(5)25-20-12-15(2)6-9-16(20)3/h6-12,17-18H,13H2,1-5H3,(H,22,23)/t17-,18-/m1/s1. The quantitative estimate of drug-likeness (QED) is 0.829. The number of benzene rings is 2. The van der Waals surface area contributed by atoms with E-state index in [1.807, 2.05) is 70.2 Å². The number of nitrogens with one attached hydrogen (secondary N) is 1. The smallest absolute Gasteiger partial charge is 0.261 e. The fourth-order valence-electron chi connectivity index (χ4n) is 2.34. The highest BCUT2D eigenvalue weighted by molar-refractivity contribution is 5.81. The third-order valence-electron chi connectivity index (χ3n) is 3.93. The van der Waals surface area contributed by atoms with Crippen LogP contribution < -0.4 is 14.8 Å². The molecule has 0 heterocycles. The van der Waals surface area contributed by atoms with E-state index in [-0.39, 0.29) is 11.9 Å². The maximum atomic E-state index is 12.3. The Morgan fingerprint density at radius 1 is 1.00 bits per heavy atom. The average Bonchev–Trinajstić information content (AvgIpc) is 2.57. The van der Waals surface area contributed by atoms with Gasteiger partial charge in [-0.25, -0.2) is 0 Å². The van der Waals surface area contributed by atoms with Gasteiger partial charge in [0.1, 0.15) is 18.1 Å². The maximum absolute atomic E-state index is 12.3. The van der Waals surface area contributed by atoms with Crippen molar-refractivity contribution >= 4 is 5.91 Å². The lowest BCUT2D eigenvalue weighted by atomic mass is 10.1. The van der Waals surface area contributed by atoms with Crippen LogP contribution in [-0.2, 0) is 4.79 Å². The highest BCUT2D eigenvalue weighted by Gasteiger charge is 2.18. The van der Waals surface area contributed by atoms with Gasteiger partial charge >= 0.3 is 0 Å². The molecule has 4 heteroatoms. The van der Waals surface area contributed by atoms with Gasteiger partial charge in [0.25, 0.3) is 5.91 Å². The Morgan fingerprint density at radius 3 is 2.32 bits per heavy atom. The first-order valence-corrected chi connectivity index (χ1v) is 8.59. The molecule has 1 N–H and O–H groups in total. The summed E-state index contributed by atoms with van der Waals surface area (Å²) in [6.45, 7) is 10.1. The first-order valence-electron chi connectivity index (χ1n) is 8.59. The van der Waals surface area contributed by atoms with Crippen LogP contribution in [0.1, 0.15) is 30.5 Å². The van der Waals surface area contributed by atoms with Crippen molar-refractivity contribution in [2.24, 2.45) is 0 Å². The molecule has 0 aliphatic rings. The van der Waals surface area contributed by atoms with Crippen LogP contribution >= 0.6 is 0 Å². The van der Waals surface area contributed by atoms with Crippen molar-refractivity contribution in [1.82, 2.24) is 5.32 Å². The third kappa shape index (κ3) is 5.82. The monoisotopic (exact) mass is 341 g/mol. The van der Waals surface area contributed by atoms with Crippen molar-refractivity contribution in [3.05, 3.63) is 59.2 Å². The third-order valence-corrected chi connectivity index (χ3v) is 3.93. The van der Waals surface area contributed by atoms with Gasteiger partial charge in [-0.15, -0.1) is 0 Å². The zero-order chi connectivity index (χ0) is 18.4. The molecular formula is C21H27NO3. The van der Waals surface area contributed by atoms with Gasteiger partial charge in [-0.3, -0.25) is 4.79 Å². The van der Waals surface area contributed by atoms with Gasteiger partial charge in [0.15, 0.2) is 6.10 Å². The molecule has 0 aromatic heterocycles. The second kappa shape index (κ2) is 8.56. The molecule has 134 valence electrons. The van der Waals surface area contributed by atoms with Gasteiger partial charge < -0.3 is 14.8 Å². The number of hydrogen-bond donors (Lipinski definition) is 1. The topological polar surface area (TPSA) is 47.6 Å². The molecule has 2 aromatic rings. The second-order valence-corrected chi connectivity index (χ2v) is 6.56.